The van der Waals surface area contributed by atoms with Crippen molar-refractivity contribution in [3.63, 3.8) is 0 Å². The molecular formula is C8H14O4S. The van der Waals surface area contributed by atoms with Crippen LogP contribution in [0.1, 0.15) is 19.8 Å². The maximum Gasteiger partial charge on any atom is 0.304 e. The van der Waals surface area contributed by atoms with E-state index < -0.39 is 16.8 Å². The van der Waals surface area contributed by atoms with Crippen LogP contribution in [0, 0.1) is 0 Å². The molecule has 3 atom stereocenters. The molecule has 1 heterocycles. The van der Waals surface area contributed by atoms with Crippen LogP contribution in [0.3, 0.4) is 0 Å². The topological polar surface area (TPSA) is 63.6 Å². The number of ether oxygens (including phenoxy) is 1. The zero-order chi connectivity index (χ0) is 9.84. The first kappa shape index (κ1) is 10.7. The van der Waals surface area contributed by atoms with Gasteiger partial charge < -0.3 is 9.84 Å². The lowest BCUT2D eigenvalue weighted by atomic mass is 10.3. The van der Waals surface area contributed by atoms with Gasteiger partial charge in [0.25, 0.3) is 0 Å². The van der Waals surface area contributed by atoms with E-state index in [2.05, 4.69) is 0 Å². The monoisotopic (exact) mass is 206 g/mol. The predicted molar refractivity (Wildman–Crippen MR) is 49.1 cm³/mol. The van der Waals surface area contributed by atoms with Crippen LogP contribution < -0.4 is 0 Å². The zero-order valence-corrected chi connectivity index (χ0v) is 8.38. The van der Waals surface area contributed by atoms with Gasteiger partial charge in [-0.1, -0.05) is 0 Å². The molecule has 0 aliphatic carbocycles. The Morgan fingerprint density at radius 2 is 2.38 bits per heavy atom. The molecule has 0 saturated carbocycles. The van der Waals surface area contributed by atoms with Gasteiger partial charge in [0.2, 0.25) is 0 Å². The molecule has 0 radical (unpaired) electrons. The van der Waals surface area contributed by atoms with Crippen molar-refractivity contribution < 1.29 is 18.8 Å². The number of rotatable bonds is 4. The molecule has 76 valence electrons. The third kappa shape index (κ3) is 3.08. The number of carboxylic acid groups (broad SMARTS) is 1. The van der Waals surface area contributed by atoms with Gasteiger partial charge in [0.15, 0.2) is 0 Å². The summed E-state index contributed by atoms with van der Waals surface area (Å²) in [5, 5.41) is 8.43. The van der Waals surface area contributed by atoms with Crippen LogP contribution in [-0.2, 0) is 20.3 Å². The highest BCUT2D eigenvalue weighted by molar-refractivity contribution is 7.85. The van der Waals surface area contributed by atoms with Crippen LogP contribution in [0.5, 0.6) is 0 Å². The molecule has 0 aromatic carbocycles. The third-order valence-electron chi connectivity index (χ3n) is 2.16. The van der Waals surface area contributed by atoms with E-state index in [1.165, 1.54) is 0 Å². The first-order valence-electron chi connectivity index (χ1n) is 4.32. The maximum absolute atomic E-state index is 11.5. The van der Waals surface area contributed by atoms with Crippen molar-refractivity contribution in [2.45, 2.75) is 31.1 Å². The van der Waals surface area contributed by atoms with Gasteiger partial charge in [0.1, 0.15) is 0 Å². The van der Waals surface area contributed by atoms with Crippen molar-refractivity contribution in [1.82, 2.24) is 0 Å². The van der Waals surface area contributed by atoms with Gasteiger partial charge in [-0.2, -0.15) is 0 Å². The Balaban J connectivity index is 2.34. The Kier molecular flexibility index (Phi) is 3.87. The van der Waals surface area contributed by atoms with Gasteiger partial charge in [-0.15, -0.1) is 0 Å². The maximum atomic E-state index is 11.5. The Labute approximate surface area is 79.7 Å². The van der Waals surface area contributed by atoms with Gasteiger partial charge in [0.05, 0.1) is 17.8 Å². The lowest BCUT2D eigenvalue weighted by Crippen LogP contribution is -2.25. The van der Waals surface area contributed by atoms with E-state index in [9.17, 15) is 9.00 Å². The highest BCUT2D eigenvalue weighted by Gasteiger charge is 2.29. The largest absolute Gasteiger partial charge is 0.481 e. The van der Waals surface area contributed by atoms with Crippen LogP contribution in [0.15, 0.2) is 0 Å². The molecule has 0 bridgehead atoms. The second kappa shape index (κ2) is 4.72. The molecule has 1 saturated heterocycles. The number of hydrogen-bond acceptors (Lipinski definition) is 3. The highest BCUT2D eigenvalue weighted by Crippen LogP contribution is 2.19. The first-order valence-corrected chi connectivity index (χ1v) is 5.70. The molecule has 0 amide bonds. The summed E-state index contributed by atoms with van der Waals surface area (Å²) in [6, 6.07) is 0. The zero-order valence-electron chi connectivity index (χ0n) is 7.56. The third-order valence-corrected chi connectivity index (χ3v) is 4.06. The summed E-state index contributed by atoms with van der Waals surface area (Å²) in [5.74, 6) is -0.645. The molecule has 1 fully saturated rings. The second-order valence-corrected chi connectivity index (χ2v) is 4.91. The summed E-state index contributed by atoms with van der Waals surface area (Å²) >= 11 is 0. The smallest absolute Gasteiger partial charge is 0.304 e. The predicted octanol–water partition coefficient (Wildman–Crippen LogP) is 0.387. The van der Waals surface area contributed by atoms with Gasteiger partial charge in [-0.3, -0.25) is 9.00 Å². The van der Waals surface area contributed by atoms with E-state index in [0.29, 0.717) is 6.61 Å². The van der Waals surface area contributed by atoms with E-state index in [-0.39, 0.29) is 23.5 Å². The summed E-state index contributed by atoms with van der Waals surface area (Å²) < 4.78 is 16.8. The standard InChI is InChI=1S/C8H14O4S/c1-6-7(2-4-12-6)13(11)5-3-8(9)10/h6-7H,2-5H2,1H3,(H,9,10). The van der Waals surface area contributed by atoms with E-state index in [4.69, 9.17) is 9.84 Å². The SMILES string of the molecule is CC1OCCC1S(=O)CCC(=O)O. The fourth-order valence-corrected chi connectivity index (χ4v) is 2.94. The summed E-state index contributed by atoms with van der Waals surface area (Å²) in [7, 11) is -1.05. The number of carboxylic acids is 1. The highest BCUT2D eigenvalue weighted by atomic mass is 32.2. The first-order chi connectivity index (χ1) is 6.11. The quantitative estimate of drug-likeness (QED) is 0.722. The minimum atomic E-state index is -1.05. The summed E-state index contributed by atoms with van der Waals surface area (Å²) in [6.07, 6.45) is 0.776. The average molecular weight is 206 g/mol. The summed E-state index contributed by atoms with van der Waals surface area (Å²) in [5.41, 5.74) is 0. The van der Waals surface area contributed by atoms with E-state index in [1.54, 1.807) is 0 Å². The van der Waals surface area contributed by atoms with Crippen molar-refractivity contribution in [2.24, 2.45) is 0 Å². The van der Waals surface area contributed by atoms with Crippen LogP contribution in [0.25, 0.3) is 0 Å². The molecule has 3 unspecified atom stereocenters. The minimum absolute atomic E-state index is 0.00892. The van der Waals surface area contributed by atoms with Crippen molar-refractivity contribution in [1.29, 1.82) is 0 Å². The molecule has 1 N–H and O–H groups in total. The molecule has 0 aromatic heterocycles. The Hall–Kier alpha value is -0.420. The van der Waals surface area contributed by atoms with Crippen LogP contribution in [0.4, 0.5) is 0 Å². The minimum Gasteiger partial charge on any atom is -0.481 e. The van der Waals surface area contributed by atoms with E-state index in [1.807, 2.05) is 6.92 Å². The van der Waals surface area contributed by atoms with Crippen molar-refractivity contribution in [2.75, 3.05) is 12.4 Å². The average Bonchev–Trinajstić information content (AvgIpc) is 2.47. The van der Waals surface area contributed by atoms with Crippen LogP contribution in [-0.4, -0.2) is 39.0 Å². The van der Waals surface area contributed by atoms with Crippen LogP contribution in [0.2, 0.25) is 0 Å². The molecular weight excluding hydrogens is 192 g/mol. The molecule has 0 aromatic rings. The van der Waals surface area contributed by atoms with Crippen molar-refractivity contribution in [3.8, 4) is 0 Å². The van der Waals surface area contributed by atoms with Crippen molar-refractivity contribution in [3.05, 3.63) is 0 Å². The van der Waals surface area contributed by atoms with Gasteiger partial charge >= 0.3 is 5.97 Å². The lowest BCUT2D eigenvalue weighted by Gasteiger charge is -2.12. The van der Waals surface area contributed by atoms with Gasteiger partial charge in [-0.25, -0.2) is 0 Å². The molecule has 4 nitrogen and oxygen atoms in total. The summed E-state index contributed by atoms with van der Waals surface area (Å²) in [6.45, 7) is 2.53. The summed E-state index contributed by atoms with van der Waals surface area (Å²) in [4.78, 5) is 10.2. The molecule has 1 aliphatic rings. The normalized spacial score (nSPS) is 30.2. The number of aliphatic carboxylic acids is 1. The Morgan fingerprint density at radius 1 is 1.69 bits per heavy atom. The number of hydrogen-bond donors (Lipinski definition) is 1. The molecule has 13 heavy (non-hydrogen) atoms. The molecule has 1 aliphatic heterocycles. The van der Waals surface area contributed by atoms with E-state index in [0.717, 1.165) is 6.42 Å². The Bertz CT molecular complexity index is 216. The second-order valence-electron chi connectivity index (χ2n) is 3.13. The van der Waals surface area contributed by atoms with Gasteiger partial charge in [0, 0.05) is 23.2 Å². The molecule has 0 spiro atoms. The fourth-order valence-electron chi connectivity index (χ4n) is 1.40. The molecule has 1 rings (SSSR count). The molecule has 5 heteroatoms. The lowest BCUT2D eigenvalue weighted by molar-refractivity contribution is -0.136. The Morgan fingerprint density at radius 3 is 2.85 bits per heavy atom. The van der Waals surface area contributed by atoms with Crippen molar-refractivity contribution >= 4 is 16.8 Å². The van der Waals surface area contributed by atoms with Gasteiger partial charge in [-0.05, 0) is 13.3 Å². The number of carbonyl (C=O) groups is 1. The van der Waals surface area contributed by atoms with Crippen LogP contribution >= 0.6 is 0 Å². The fraction of sp³-hybridized carbons (Fsp3) is 0.875. The van der Waals surface area contributed by atoms with E-state index >= 15 is 0 Å².